The maximum absolute atomic E-state index is 13.3. The van der Waals surface area contributed by atoms with Gasteiger partial charge in [-0.3, -0.25) is 0 Å². The van der Waals surface area contributed by atoms with Crippen LogP contribution in [0.4, 0.5) is 4.39 Å². The van der Waals surface area contributed by atoms with E-state index >= 15 is 0 Å². The number of benzene rings is 1. The van der Waals surface area contributed by atoms with Crippen LogP contribution < -0.4 is 5.32 Å². The molecule has 1 nitrogen and oxygen atoms in total. The van der Waals surface area contributed by atoms with Crippen LogP contribution in [0.25, 0.3) is 0 Å². The Labute approximate surface area is 102 Å². The summed E-state index contributed by atoms with van der Waals surface area (Å²) in [6.07, 6.45) is 0. The van der Waals surface area contributed by atoms with Crippen molar-refractivity contribution in [3.63, 3.8) is 0 Å². The first-order valence-corrected chi connectivity index (χ1v) is 6.70. The zero-order chi connectivity index (χ0) is 12.0. The van der Waals surface area contributed by atoms with Crippen LogP contribution in [-0.2, 0) is 0 Å². The van der Waals surface area contributed by atoms with E-state index in [1.165, 1.54) is 6.07 Å². The molecule has 0 spiro atoms. The number of thioether (sulfide) groups is 1. The number of nitrogens with one attached hydrogen (secondary N) is 1. The fraction of sp³-hybridized carbons (Fsp3) is 0.538. The molecule has 90 valence electrons. The molecule has 0 aliphatic rings. The van der Waals surface area contributed by atoms with Crippen LogP contribution in [0.1, 0.15) is 20.8 Å². The molecule has 1 aromatic rings. The number of hydrogen-bond acceptors (Lipinski definition) is 2. The molecule has 0 heterocycles. The summed E-state index contributed by atoms with van der Waals surface area (Å²) in [5, 5.41) is 3.43. The molecule has 0 aliphatic carbocycles. The standard InChI is InChI=1S/C13H20FNS/c1-10(2)11(3)15-8-9-16-13-7-5-4-6-12(13)14/h4-7,10-11,15H,8-9H2,1-3H3. The Balaban J connectivity index is 2.24. The highest BCUT2D eigenvalue weighted by Crippen LogP contribution is 2.20. The van der Waals surface area contributed by atoms with Gasteiger partial charge in [0.1, 0.15) is 5.82 Å². The normalized spacial score (nSPS) is 13.1. The van der Waals surface area contributed by atoms with Crippen LogP contribution in [0, 0.1) is 11.7 Å². The van der Waals surface area contributed by atoms with Crippen molar-refractivity contribution in [1.82, 2.24) is 5.32 Å². The Morgan fingerprint density at radius 2 is 1.94 bits per heavy atom. The summed E-state index contributed by atoms with van der Waals surface area (Å²) in [6, 6.07) is 7.44. The van der Waals surface area contributed by atoms with Crippen molar-refractivity contribution in [1.29, 1.82) is 0 Å². The molecular weight excluding hydrogens is 221 g/mol. The highest BCUT2D eigenvalue weighted by Gasteiger charge is 2.05. The molecule has 0 amide bonds. The summed E-state index contributed by atoms with van der Waals surface area (Å²) in [5.74, 6) is 1.42. The second-order valence-electron chi connectivity index (χ2n) is 4.27. The maximum Gasteiger partial charge on any atom is 0.136 e. The molecule has 16 heavy (non-hydrogen) atoms. The summed E-state index contributed by atoms with van der Waals surface area (Å²) >= 11 is 1.56. The average Bonchev–Trinajstić information content (AvgIpc) is 2.26. The number of halogens is 1. The molecule has 0 aromatic heterocycles. The Hall–Kier alpha value is -0.540. The van der Waals surface area contributed by atoms with E-state index in [1.54, 1.807) is 17.8 Å². The van der Waals surface area contributed by atoms with Crippen molar-refractivity contribution in [2.75, 3.05) is 12.3 Å². The third-order valence-corrected chi connectivity index (χ3v) is 3.71. The summed E-state index contributed by atoms with van der Waals surface area (Å²) in [5.41, 5.74) is 0. The molecule has 1 aromatic carbocycles. The van der Waals surface area contributed by atoms with E-state index in [4.69, 9.17) is 0 Å². The lowest BCUT2D eigenvalue weighted by Gasteiger charge is -2.17. The molecule has 0 bridgehead atoms. The second-order valence-corrected chi connectivity index (χ2v) is 5.40. The van der Waals surface area contributed by atoms with Crippen LogP contribution in [0.15, 0.2) is 29.2 Å². The molecule has 0 fully saturated rings. The molecule has 1 N–H and O–H groups in total. The minimum atomic E-state index is -0.121. The fourth-order valence-corrected chi connectivity index (χ4v) is 2.07. The van der Waals surface area contributed by atoms with Gasteiger partial charge in [-0.05, 0) is 25.0 Å². The van der Waals surface area contributed by atoms with Gasteiger partial charge < -0.3 is 5.32 Å². The van der Waals surface area contributed by atoms with Gasteiger partial charge in [0.05, 0.1) is 0 Å². The summed E-state index contributed by atoms with van der Waals surface area (Å²) in [4.78, 5) is 0.738. The van der Waals surface area contributed by atoms with Crippen LogP contribution in [-0.4, -0.2) is 18.3 Å². The summed E-state index contributed by atoms with van der Waals surface area (Å²) in [6.45, 7) is 7.49. The van der Waals surface area contributed by atoms with Crippen molar-refractivity contribution in [2.45, 2.75) is 31.7 Å². The van der Waals surface area contributed by atoms with Gasteiger partial charge in [0.2, 0.25) is 0 Å². The summed E-state index contributed by atoms with van der Waals surface area (Å²) in [7, 11) is 0. The Morgan fingerprint density at radius 3 is 2.56 bits per heavy atom. The lowest BCUT2D eigenvalue weighted by Crippen LogP contribution is -2.32. The lowest BCUT2D eigenvalue weighted by atomic mass is 10.1. The van der Waals surface area contributed by atoms with Gasteiger partial charge in [-0.15, -0.1) is 11.8 Å². The van der Waals surface area contributed by atoms with Crippen LogP contribution in [0.2, 0.25) is 0 Å². The van der Waals surface area contributed by atoms with E-state index in [-0.39, 0.29) is 5.82 Å². The monoisotopic (exact) mass is 241 g/mol. The van der Waals surface area contributed by atoms with Gasteiger partial charge >= 0.3 is 0 Å². The Kier molecular flexibility index (Phi) is 5.85. The van der Waals surface area contributed by atoms with E-state index in [1.807, 2.05) is 12.1 Å². The average molecular weight is 241 g/mol. The minimum Gasteiger partial charge on any atom is -0.313 e. The number of rotatable bonds is 6. The van der Waals surface area contributed by atoms with Crippen molar-refractivity contribution in [2.24, 2.45) is 5.92 Å². The smallest absolute Gasteiger partial charge is 0.136 e. The molecule has 1 atom stereocenters. The molecule has 0 saturated carbocycles. The second kappa shape index (κ2) is 6.92. The fourth-order valence-electron chi connectivity index (χ4n) is 1.25. The van der Waals surface area contributed by atoms with Crippen LogP contribution >= 0.6 is 11.8 Å². The Bertz CT molecular complexity index is 315. The zero-order valence-corrected chi connectivity index (χ0v) is 11.0. The van der Waals surface area contributed by atoms with Crippen LogP contribution in [0.5, 0.6) is 0 Å². The van der Waals surface area contributed by atoms with E-state index in [0.29, 0.717) is 12.0 Å². The molecular formula is C13H20FNS. The SMILES string of the molecule is CC(C)C(C)NCCSc1ccccc1F. The topological polar surface area (TPSA) is 12.0 Å². The highest BCUT2D eigenvalue weighted by atomic mass is 32.2. The van der Waals surface area contributed by atoms with Gasteiger partial charge in [0.25, 0.3) is 0 Å². The minimum absolute atomic E-state index is 0.121. The van der Waals surface area contributed by atoms with Crippen molar-refractivity contribution in [3.8, 4) is 0 Å². The number of hydrogen-bond donors (Lipinski definition) is 1. The zero-order valence-electron chi connectivity index (χ0n) is 10.2. The largest absolute Gasteiger partial charge is 0.313 e. The molecule has 0 radical (unpaired) electrons. The third-order valence-electron chi connectivity index (χ3n) is 2.66. The first kappa shape index (κ1) is 13.5. The Morgan fingerprint density at radius 1 is 1.25 bits per heavy atom. The molecule has 0 saturated heterocycles. The van der Waals surface area contributed by atoms with E-state index in [9.17, 15) is 4.39 Å². The van der Waals surface area contributed by atoms with Crippen molar-refractivity contribution < 1.29 is 4.39 Å². The van der Waals surface area contributed by atoms with Gasteiger partial charge in [-0.1, -0.05) is 26.0 Å². The van der Waals surface area contributed by atoms with E-state index in [2.05, 4.69) is 26.1 Å². The van der Waals surface area contributed by atoms with Gasteiger partial charge in [0.15, 0.2) is 0 Å². The van der Waals surface area contributed by atoms with Gasteiger partial charge in [0, 0.05) is 23.2 Å². The van der Waals surface area contributed by atoms with Crippen molar-refractivity contribution >= 4 is 11.8 Å². The van der Waals surface area contributed by atoms with Gasteiger partial charge in [-0.25, -0.2) is 4.39 Å². The van der Waals surface area contributed by atoms with Crippen LogP contribution in [0.3, 0.4) is 0 Å². The van der Waals surface area contributed by atoms with Gasteiger partial charge in [-0.2, -0.15) is 0 Å². The predicted octanol–water partition coefficient (Wildman–Crippen LogP) is 3.55. The van der Waals surface area contributed by atoms with E-state index in [0.717, 1.165) is 17.2 Å². The molecule has 0 aliphatic heterocycles. The van der Waals surface area contributed by atoms with E-state index < -0.39 is 0 Å². The molecule has 3 heteroatoms. The highest BCUT2D eigenvalue weighted by molar-refractivity contribution is 7.99. The van der Waals surface area contributed by atoms with Crippen molar-refractivity contribution in [3.05, 3.63) is 30.1 Å². The third kappa shape index (κ3) is 4.54. The molecule has 1 rings (SSSR count). The molecule has 1 unspecified atom stereocenters. The first-order chi connectivity index (χ1) is 7.61. The first-order valence-electron chi connectivity index (χ1n) is 5.72. The lowest BCUT2D eigenvalue weighted by molar-refractivity contribution is 0.438. The predicted molar refractivity (Wildman–Crippen MR) is 69.4 cm³/mol. The summed E-state index contributed by atoms with van der Waals surface area (Å²) < 4.78 is 13.3. The maximum atomic E-state index is 13.3. The quantitative estimate of drug-likeness (QED) is 0.604.